The van der Waals surface area contributed by atoms with Crippen LogP contribution in [0.25, 0.3) is 0 Å². The minimum absolute atomic E-state index is 0.0811. The summed E-state index contributed by atoms with van der Waals surface area (Å²) in [6, 6.07) is 2.31. The Kier molecular flexibility index (Phi) is 3.11. The maximum atomic E-state index is 5.66. The molecule has 84 valence electrons. The van der Waals surface area contributed by atoms with Crippen molar-refractivity contribution in [2.45, 2.75) is 37.8 Å². The summed E-state index contributed by atoms with van der Waals surface area (Å²) in [6.07, 6.45) is 3.41. The molecule has 0 spiro atoms. The van der Waals surface area contributed by atoms with E-state index < -0.39 is 0 Å². The van der Waals surface area contributed by atoms with Crippen LogP contribution >= 0.6 is 11.3 Å². The molecule has 1 aliphatic rings. The quantitative estimate of drug-likeness (QED) is 0.611. The van der Waals surface area contributed by atoms with Crippen LogP contribution in [0.1, 0.15) is 35.7 Å². The summed E-state index contributed by atoms with van der Waals surface area (Å²) in [5.74, 6) is 5.66. The second kappa shape index (κ2) is 4.22. The summed E-state index contributed by atoms with van der Waals surface area (Å²) in [5, 5.41) is 2.17. The zero-order valence-electron chi connectivity index (χ0n) is 9.25. The highest BCUT2D eigenvalue weighted by Gasteiger charge is 2.45. The highest BCUT2D eigenvalue weighted by molar-refractivity contribution is 7.10. The van der Waals surface area contributed by atoms with E-state index in [1.54, 1.807) is 18.4 Å². The largest absolute Gasteiger partial charge is 0.376 e. The Morgan fingerprint density at radius 3 is 2.67 bits per heavy atom. The number of aryl methyl sites for hydroxylation is 1. The fourth-order valence-corrected chi connectivity index (χ4v) is 3.03. The Hall–Kier alpha value is -0.420. The summed E-state index contributed by atoms with van der Waals surface area (Å²) < 4.78 is 5.65. The highest BCUT2D eigenvalue weighted by Crippen LogP contribution is 2.45. The van der Waals surface area contributed by atoms with Gasteiger partial charge in [0.1, 0.15) is 0 Å². The van der Waals surface area contributed by atoms with Crippen molar-refractivity contribution >= 4 is 11.3 Å². The molecular weight excluding hydrogens is 208 g/mol. The van der Waals surface area contributed by atoms with Gasteiger partial charge in [-0.2, -0.15) is 0 Å². The van der Waals surface area contributed by atoms with Crippen LogP contribution in [0.5, 0.6) is 0 Å². The third kappa shape index (κ3) is 1.83. The van der Waals surface area contributed by atoms with Gasteiger partial charge in [0.05, 0.1) is 11.6 Å². The lowest BCUT2D eigenvalue weighted by Crippen LogP contribution is -2.52. The number of ether oxygens (including phenoxy) is 1. The number of nitrogens with one attached hydrogen (secondary N) is 1. The van der Waals surface area contributed by atoms with E-state index in [2.05, 4.69) is 23.8 Å². The van der Waals surface area contributed by atoms with E-state index in [1.807, 2.05) is 0 Å². The van der Waals surface area contributed by atoms with Crippen LogP contribution in [0, 0.1) is 6.92 Å². The zero-order chi connectivity index (χ0) is 10.9. The molecule has 1 atom stereocenters. The molecule has 1 aromatic heterocycles. The summed E-state index contributed by atoms with van der Waals surface area (Å²) in [6.45, 7) is 2.11. The van der Waals surface area contributed by atoms with Gasteiger partial charge in [0.25, 0.3) is 0 Å². The van der Waals surface area contributed by atoms with Crippen LogP contribution in [-0.2, 0) is 4.74 Å². The van der Waals surface area contributed by atoms with Crippen LogP contribution in [0.3, 0.4) is 0 Å². The van der Waals surface area contributed by atoms with Crippen molar-refractivity contribution in [3.63, 3.8) is 0 Å². The van der Waals surface area contributed by atoms with Gasteiger partial charge in [0.15, 0.2) is 0 Å². The zero-order valence-corrected chi connectivity index (χ0v) is 10.1. The Bertz CT molecular complexity index is 328. The van der Waals surface area contributed by atoms with E-state index in [4.69, 9.17) is 10.6 Å². The predicted octanol–water partition coefficient (Wildman–Crippen LogP) is 2.13. The molecule has 1 unspecified atom stereocenters. The molecule has 3 N–H and O–H groups in total. The first kappa shape index (κ1) is 11.1. The van der Waals surface area contributed by atoms with Crippen molar-refractivity contribution < 1.29 is 4.74 Å². The third-order valence-electron chi connectivity index (χ3n) is 3.38. The molecule has 2 rings (SSSR count). The molecule has 0 aromatic carbocycles. The fourth-order valence-electron chi connectivity index (χ4n) is 2.30. The van der Waals surface area contributed by atoms with Gasteiger partial charge in [-0.3, -0.25) is 11.3 Å². The smallest absolute Gasteiger partial charge is 0.0885 e. The molecule has 0 amide bonds. The Morgan fingerprint density at radius 1 is 1.60 bits per heavy atom. The van der Waals surface area contributed by atoms with E-state index in [9.17, 15) is 0 Å². The molecular formula is C11H18N2OS. The van der Waals surface area contributed by atoms with Gasteiger partial charge in [0, 0.05) is 12.0 Å². The minimum atomic E-state index is -0.0811. The summed E-state index contributed by atoms with van der Waals surface area (Å²) in [7, 11) is 1.78. The number of rotatable bonds is 4. The van der Waals surface area contributed by atoms with E-state index in [-0.39, 0.29) is 11.6 Å². The summed E-state index contributed by atoms with van der Waals surface area (Å²) >= 11 is 1.76. The molecule has 1 aromatic rings. The van der Waals surface area contributed by atoms with Crippen LogP contribution < -0.4 is 11.3 Å². The molecule has 15 heavy (non-hydrogen) atoms. The maximum Gasteiger partial charge on any atom is 0.0885 e. The first-order chi connectivity index (χ1) is 7.22. The lowest BCUT2D eigenvalue weighted by atomic mass is 9.73. The highest BCUT2D eigenvalue weighted by atomic mass is 32.1. The Balaban J connectivity index is 2.23. The first-order valence-electron chi connectivity index (χ1n) is 5.28. The van der Waals surface area contributed by atoms with Crippen molar-refractivity contribution in [1.29, 1.82) is 0 Å². The molecule has 4 heteroatoms. The summed E-state index contributed by atoms with van der Waals surface area (Å²) in [5.41, 5.74) is 4.08. The third-order valence-corrected chi connectivity index (χ3v) is 4.26. The molecule has 1 fully saturated rings. The van der Waals surface area contributed by atoms with Crippen LogP contribution in [0.15, 0.2) is 11.4 Å². The lowest BCUT2D eigenvalue weighted by Gasteiger charge is -2.46. The lowest BCUT2D eigenvalue weighted by molar-refractivity contribution is -0.0998. The molecule has 0 bridgehead atoms. The SMILES string of the molecule is COC1(C(NN)c2csc(C)c2)CCC1. The molecule has 1 aliphatic carbocycles. The van der Waals surface area contributed by atoms with Crippen molar-refractivity contribution in [2.24, 2.45) is 5.84 Å². The van der Waals surface area contributed by atoms with Gasteiger partial charge in [-0.1, -0.05) is 0 Å². The maximum absolute atomic E-state index is 5.66. The van der Waals surface area contributed by atoms with Gasteiger partial charge >= 0.3 is 0 Å². The van der Waals surface area contributed by atoms with E-state index in [0.29, 0.717) is 0 Å². The van der Waals surface area contributed by atoms with Gasteiger partial charge in [-0.05, 0) is 43.2 Å². The van der Waals surface area contributed by atoms with E-state index >= 15 is 0 Å². The van der Waals surface area contributed by atoms with Crippen molar-refractivity contribution in [2.75, 3.05) is 7.11 Å². The average molecular weight is 226 g/mol. The minimum Gasteiger partial charge on any atom is -0.376 e. The molecule has 0 radical (unpaired) electrons. The second-order valence-electron chi connectivity index (χ2n) is 4.21. The molecule has 3 nitrogen and oxygen atoms in total. The molecule has 1 heterocycles. The molecule has 0 aliphatic heterocycles. The number of nitrogens with two attached hydrogens (primary N) is 1. The summed E-state index contributed by atoms with van der Waals surface area (Å²) in [4.78, 5) is 1.32. The van der Waals surface area contributed by atoms with E-state index in [1.165, 1.54) is 16.9 Å². The normalized spacial score (nSPS) is 21.0. The Labute approximate surface area is 94.6 Å². The van der Waals surface area contributed by atoms with Gasteiger partial charge in [-0.25, -0.2) is 0 Å². The van der Waals surface area contributed by atoms with Crippen LogP contribution in [0.2, 0.25) is 0 Å². The Morgan fingerprint density at radius 2 is 2.33 bits per heavy atom. The van der Waals surface area contributed by atoms with Gasteiger partial charge in [-0.15, -0.1) is 11.3 Å². The van der Waals surface area contributed by atoms with Gasteiger partial charge < -0.3 is 4.74 Å². The average Bonchev–Trinajstić information content (AvgIpc) is 2.58. The van der Waals surface area contributed by atoms with Crippen LogP contribution in [0.4, 0.5) is 0 Å². The number of hydrazine groups is 1. The van der Waals surface area contributed by atoms with Crippen molar-refractivity contribution in [3.8, 4) is 0 Å². The molecule has 0 saturated heterocycles. The number of thiophene rings is 1. The second-order valence-corrected chi connectivity index (χ2v) is 5.33. The fraction of sp³-hybridized carbons (Fsp3) is 0.636. The van der Waals surface area contributed by atoms with Gasteiger partial charge in [0.2, 0.25) is 0 Å². The number of hydrogen-bond donors (Lipinski definition) is 2. The topological polar surface area (TPSA) is 47.3 Å². The predicted molar refractivity (Wildman–Crippen MR) is 62.7 cm³/mol. The first-order valence-corrected chi connectivity index (χ1v) is 6.16. The van der Waals surface area contributed by atoms with Crippen molar-refractivity contribution in [3.05, 3.63) is 21.9 Å². The van der Waals surface area contributed by atoms with E-state index in [0.717, 1.165) is 12.8 Å². The standard InChI is InChI=1S/C11H18N2OS/c1-8-6-9(7-15-8)10(13-12)11(14-2)4-3-5-11/h6-7,10,13H,3-5,12H2,1-2H3. The number of methoxy groups -OCH3 is 1. The van der Waals surface area contributed by atoms with Crippen LogP contribution in [-0.4, -0.2) is 12.7 Å². The molecule has 1 saturated carbocycles. The monoisotopic (exact) mass is 226 g/mol. The van der Waals surface area contributed by atoms with Crippen molar-refractivity contribution in [1.82, 2.24) is 5.43 Å². The number of hydrogen-bond acceptors (Lipinski definition) is 4.